The molecule has 1 heterocycles. The molecule has 1 fully saturated rings. The fourth-order valence-corrected chi connectivity index (χ4v) is 1.63. The molecule has 1 atom stereocenters. The number of epoxide rings is 1. The maximum absolute atomic E-state index is 10.7. The summed E-state index contributed by atoms with van der Waals surface area (Å²) in [5.74, 6) is -0.337. The molecule has 3 nitrogen and oxygen atoms in total. The zero-order valence-electron chi connectivity index (χ0n) is 15.3. The van der Waals surface area contributed by atoms with Gasteiger partial charge in [0, 0.05) is 5.57 Å². The maximum atomic E-state index is 10.7. The summed E-state index contributed by atoms with van der Waals surface area (Å²) in [4.78, 5) is 10.7. The van der Waals surface area contributed by atoms with E-state index in [0.29, 0.717) is 18.8 Å². The highest BCUT2D eigenvalue weighted by molar-refractivity contribution is 5.86. The Labute approximate surface area is 156 Å². The molecule has 2 aromatic carbocycles. The maximum Gasteiger partial charge on any atom is 0.333 e. The summed E-state index contributed by atoms with van der Waals surface area (Å²) in [5.41, 5.74) is 2.78. The number of benzene rings is 2. The van der Waals surface area contributed by atoms with E-state index in [9.17, 15) is 4.79 Å². The van der Waals surface area contributed by atoms with Crippen molar-refractivity contribution in [3.8, 4) is 0 Å². The smallest absolute Gasteiger partial charge is 0.333 e. The molecule has 3 heteroatoms. The van der Waals surface area contributed by atoms with Gasteiger partial charge in [0.1, 0.15) is 12.7 Å². The molecular weight excluding hydrogens is 324 g/mol. The molecule has 1 aliphatic heterocycles. The van der Waals surface area contributed by atoms with E-state index < -0.39 is 0 Å². The predicted molar refractivity (Wildman–Crippen MR) is 109 cm³/mol. The molecule has 136 valence electrons. The van der Waals surface area contributed by atoms with Gasteiger partial charge in [-0.15, -0.1) is 0 Å². The van der Waals surface area contributed by atoms with Crippen LogP contribution in [0, 0.1) is 0 Å². The molecule has 0 amide bonds. The van der Waals surface area contributed by atoms with Crippen LogP contribution in [0.15, 0.2) is 86.0 Å². The zero-order valence-corrected chi connectivity index (χ0v) is 15.3. The second kappa shape index (κ2) is 12.5. The van der Waals surface area contributed by atoms with Crippen molar-refractivity contribution in [2.75, 3.05) is 13.2 Å². The number of hydrogen-bond donors (Lipinski definition) is 0. The van der Waals surface area contributed by atoms with Crippen LogP contribution in [-0.2, 0) is 14.3 Å². The van der Waals surface area contributed by atoms with Crippen molar-refractivity contribution in [2.45, 2.75) is 13.0 Å². The number of carbonyl (C=O) groups is 1. The van der Waals surface area contributed by atoms with Gasteiger partial charge in [-0.25, -0.2) is 4.79 Å². The lowest BCUT2D eigenvalue weighted by molar-refractivity contribution is -0.139. The molecule has 0 aromatic heterocycles. The quantitative estimate of drug-likeness (QED) is 0.424. The van der Waals surface area contributed by atoms with Crippen molar-refractivity contribution < 1.29 is 14.3 Å². The van der Waals surface area contributed by atoms with Crippen molar-refractivity contribution >= 4 is 18.1 Å². The summed E-state index contributed by atoms with van der Waals surface area (Å²) in [6.45, 7) is 13.4. The summed E-state index contributed by atoms with van der Waals surface area (Å²) >= 11 is 0. The van der Waals surface area contributed by atoms with Gasteiger partial charge in [0.25, 0.3) is 0 Å². The second-order valence-electron chi connectivity index (χ2n) is 5.56. The second-order valence-corrected chi connectivity index (χ2v) is 5.56. The Balaban J connectivity index is 0.000000197. The number of hydrogen-bond acceptors (Lipinski definition) is 3. The van der Waals surface area contributed by atoms with Crippen LogP contribution in [0.4, 0.5) is 0 Å². The molecule has 0 radical (unpaired) electrons. The van der Waals surface area contributed by atoms with Gasteiger partial charge in [0.2, 0.25) is 0 Å². The molecule has 2 aromatic rings. The van der Waals surface area contributed by atoms with Crippen LogP contribution in [0.3, 0.4) is 0 Å². The van der Waals surface area contributed by atoms with Crippen molar-refractivity contribution in [3.05, 3.63) is 97.1 Å². The Bertz CT molecular complexity index is 642. The largest absolute Gasteiger partial charge is 0.459 e. The molecule has 0 N–H and O–H groups in total. The van der Waals surface area contributed by atoms with E-state index in [2.05, 4.69) is 19.7 Å². The molecular formula is C23H26O3. The summed E-state index contributed by atoms with van der Waals surface area (Å²) in [6.07, 6.45) is 3.81. The topological polar surface area (TPSA) is 38.8 Å². The summed E-state index contributed by atoms with van der Waals surface area (Å²) in [7, 11) is 0. The zero-order chi connectivity index (χ0) is 19.2. The van der Waals surface area contributed by atoms with Crippen LogP contribution >= 0.6 is 0 Å². The molecule has 1 aliphatic rings. The van der Waals surface area contributed by atoms with E-state index in [1.165, 1.54) is 11.1 Å². The van der Waals surface area contributed by atoms with Crippen molar-refractivity contribution in [2.24, 2.45) is 0 Å². The lowest BCUT2D eigenvalue weighted by atomic mass is 10.2. The minimum atomic E-state index is -0.337. The fraction of sp³-hybridized carbons (Fsp3) is 0.174. The summed E-state index contributed by atoms with van der Waals surface area (Å²) < 4.78 is 9.60. The predicted octanol–water partition coefficient (Wildman–Crippen LogP) is 5.16. The minimum Gasteiger partial charge on any atom is -0.459 e. The van der Waals surface area contributed by atoms with Crippen molar-refractivity contribution in [1.29, 1.82) is 0 Å². The number of ether oxygens (including phenoxy) is 2. The normalized spacial score (nSPS) is 13.7. The molecule has 0 bridgehead atoms. The van der Waals surface area contributed by atoms with Crippen LogP contribution in [-0.4, -0.2) is 25.3 Å². The van der Waals surface area contributed by atoms with Gasteiger partial charge in [-0.1, -0.05) is 92.6 Å². The van der Waals surface area contributed by atoms with Gasteiger partial charge in [0.15, 0.2) is 0 Å². The minimum absolute atomic E-state index is 0.142. The van der Waals surface area contributed by atoms with Crippen LogP contribution in [0.5, 0.6) is 0 Å². The third kappa shape index (κ3) is 10.1. The highest BCUT2D eigenvalue weighted by atomic mass is 16.6. The van der Waals surface area contributed by atoms with E-state index in [1.54, 1.807) is 6.92 Å². The van der Waals surface area contributed by atoms with E-state index in [-0.39, 0.29) is 12.1 Å². The van der Waals surface area contributed by atoms with Gasteiger partial charge in [-0.2, -0.15) is 0 Å². The molecule has 1 unspecified atom stereocenters. The lowest BCUT2D eigenvalue weighted by Gasteiger charge is -1.99. The van der Waals surface area contributed by atoms with Gasteiger partial charge < -0.3 is 9.47 Å². The standard InChI is InChI=1S/2C8H8.C7H10O3/c2*1-2-8-6-4-3-5-7-8;1-5(2)7(8)10-4-6-3-9-6/h2*2-7H,1H2;6H,1,3-4H2,2H3. The third-order valence-corrected chi connectivity index (χ3v) is 3.22. The van der Waals surface area contributed by atoms with Crippen molar-refractivity contribution in [3.63, 3.8) is 0 Å². The monoisotopic (exact) mass is 350 g/mol. The number of esters is 1. The molecule has 3 rings (SSSR count). The van der Waals surface area contributed by atoms with E-state index >= 15 is 0 Å². The van der Waals surface area contributed by atoms with Crippen LogP contribution in [0.2, 0.25) is 0 Å². The summed E-state index contributed by atoms with van der Waals surface area (Å²) in [5, 5.41) is 0. The molecule has 26 heavy (non-hydrogen) atoms. The molecule has 1 saturated heterocycles. The SMILES string of the molecule is C=C(C)C(=O)OCC1CO1.C=Cc1ccccc1.C=Cc1ccccc1. The van der Waals surface area contributed by atoms with Gasteiger partial charge in [-0.3, -0.25) is 0 Å². The van der Waals surface area contributed by atoms with Crippen LogP contribution < -0.4 is 0 Å². The van der Waals surface area contributed by atoms with E-state index in [4.69, 9.17) is 9.47 Å². The van der Waals surface area contributed by atoms with Gasteiger partial charge in [0.05, 0.1) is 6.61 Å². The first-order valence-electron chi connectivity index (χ1n) is 8.36. The summed E-state index contributed by atoms with van der Waals surface area (Å²) in [6, 6.07) is 20.1. The van der Waals surface area contributed by atoms with Crippen LogP contribution in [0.1, 0.15) is 18.1 Å². The highest BCUT2D eigenvalue weighted by Gasteiger charge is 2.24. The molecule has 0 saturated carbocycles. The molecule has 0 aliphatic carbocycles. The average Bonchev–Trinajstić information content (AvgIpc) is 3.53. The first-order chi connectivity index (χ1) is 12.6. The fourth-order valence-electron chi connectivity index (χ4n) is 1.63. The van der Waals surface area contributed by atoms with E-state index in [1.807, 2.05) is 72.8 Å². The van der Waals surface area contributed by atoms with E-state index in [0.717, 1.165) is 0 Å². The Morgan fingerprint density at radius 2 is 1.46 bits per heavy atom. The average molecular weight is 350 g/mol. The Hall–Kier alpha value is -2.91. The van der Waals surface area contributed by atoms with Crippen molar-refractivity contribution in [1.82, 2.24) is 0 Å². The van der Waals surface area contributed by atoms with Gasteiger partial charge in [-0.05, 0) is 18.1 Å². The Morgan fingerprint density at radius 3 is 1.73 bits per heavy atom. The van der Waals surface area contributed by atoms with Gasteiger partial charge >= 0.3 is 5.97 Å². The third-order valence-electron chi connectivity index (χ3n) is 3.22. The Kier molecular flexibility index (Phi) is 10.1. The molecule has 0 spiro atoms. The Morgan fingerprint density at radius 1 is 1.04 bits per heavy atom. The lowest BCUT2D eigenvalue weighted by Crippen LogP contribution is -2.09. The number of rotatable bonds is 5. The number of carbonyl (C=O) groups excluding carboxylic acids is 1. The van der Waals surface area contributed by atoms with Crippen LogP contribution in [0.25, 0.3) is 12.2 Å². The first-order valence-corrected chi connectivity index (χ1v) is 8.36. The first kappa shape index (κ1) is 21.1. The highest BCUT2D eigenvalue weighted by Crippen LogP contribution is 2.09.